The van der Waals surface area contributed by atoms with Crippen molar-refractivity contribution in [2.45, 2.75) is 70.8 Å². The summed E-state index contributed by atoms with van der Waals surface area (Å²) in [4.78, 5) is 69.4. The number of unbranched alkanes of at least 4 members (excludes halogenated alkanes) is 5. The molecule has 1 atom stereocenters. The number of aliphatic carboxylic acids is 1. The normalized spacial score (nSPS) is 11.4. The molecule has 1 aromatic rings. The number of hydrogen-bond donors (Lipinski definition) is 5. The molecule has 0 aromatic heterocycles. The van der Waals surface area contributed by atoms with Crippen LogP contribution >= 0.6 is 0 Å². The summed E-state index contributed by atoms with van der Waals surface area (Å²) in [6.45, 7) is 3.84. The molecule has 282 valence electrons. The first-order chi connectivity index (χ1) is 24.1. The molecule has 1 rings (SSSR count). The average molecular weight is 712 g/mol. The van der Waals surface area contributed by atoms with Crippen LogP contribution < -0.4 is 20.7 Å². The molecule has 50 heavy (non-hydrogen) atoms. The Kier molecular flexibility index (Phi) is 25.2. The fourth-order valence-corrected chi connectivity index (χ4v) is 4.29. The third kappa shape index (κ3) is 24.9. The average Bonchev–Trinajstić information content (AvgIpc) is 3.08. The van der Waals surface area contributed by atoms with Crippen LogP contribution in [0.2, 0.25) is 0 Å². The van der Waals surface area contributed by atoms with Crippen molar-refractivity contribution in [3.8, 4) is 5.75 Å². The fraction of sp³-hybridized carbons (Fsp3) is 0.647. The number of rotatable bonds is 32. The summed E-state index contributed by atoms with van der Waals surface area (Å²) in [5, 5.41) is 26.2. The highest BCUT2D eigenvalue weighted by Gasteiger charge is 2.20. The Morgan fingerprint density at radius 2 is 1.26 bits per heavy atom. The number of ether oxygens (including phenoxy) is 5. The van der Waals surface area contributed by atoms with Crippen molar-refractivity contribution in [3.05, 3.63) is 29.8 Å². The summed E-state index contributed by atoms with van der Waals surface area (Å²) in [7, 11) is 0. The van der Waals surface area contributed by atoms with Crippen LogP contribution in [0, 0.1) is 0 Å². The predicted molar refractivity (Wildman–Crippen MR) is 180 cm³/mol. The lowest BCUT2D eigenvalue weighted by Gasteiger charge is -2.14. The molecule has 0 spiro atoms. The zero-order chi connectivity index (χ0) is 36.8. The number of carbonyl (C=O) groups is 6. The van der Waals surface area contributed by atoms with Crippen LogP contribution in [0.1, 0.15) is 75.1 Å². The van der Waals surface area contributed by atoms with E-state index < -0.39 is 18.0 Å². The standard InChI is InChI=1S/C34H53N3O13/c1-26(38)24-48-21-19-47-18-15-36-32(41)25-49-22-20-46-17-14-35-30(39)13-12-29(34(44)45)37-31(40)11-6-4-2-3-5-7-16-50-28-10-8-9-27(23-28)33(42)43/h8-10,23,29H,2-7,11-22,24-25H2,1H3,(H,35,39)(H,36,41)(H,37,40)(H,42,43)(H,44,45). The number of amides is 3. The number of carboxylic acids is 2. The Morgan fingerprint density at radius 3 is 1.90 bits per heavy atom. The van der Waals surface area contributed by atoms with E-state index in [1.54, 1.807) is 12.1 Å². The van der Waals surface area contributed by atoms with Gasteiger partial charge >= 0.3 is 11.9 Å². The molecule has 3 amide bonds. The minimum absolute atomic E-state index is 0.0476. The maximum absolute atomic E-state index is 12.3. The number of aromatic carboxylic acids is 1. The summed E-state index contributed by atoms with van der Waals surface area (Å²) in [5.74, 6) is -2.80. The molecule has 0 bridgehead atoms. The first-order valence-electron chi connectivity index (χ1n) is 16.9. The maximum Gasteiger partial charge on any atom is 0.335 e. The second kappa shape index (κ2) is 28.7. The van der Waals surface area contributed by atoms with Crippen molar-refractivity contribution >= 4 is 35.4 Å². The van der Waals surface area contributed by atoms with Gasteiger partial charge in [0, 0.05) is 25.9 Å². The van der Waals surface area contributed by atoms with Gasteiger partial charge in [0.05, 0.1) is 51.8 Å². The molecule has 0 saturated heterocycles. The molecule has 0 aliphatic heterocycles. The lowest BCUT2D eigenvalue weighted by Crippen LogP contribution is -2.41. The van der Waals surface area contributed by atoms with Crippen LogP contribution in [0.4, 0.5) is 0 Å². The van der Waals surface area contributed by atoms with Crippen LogP contribution in [0.5, 0.6) is 5.75 Å². The minimum atomic E-state index is -1.21. The van der Waals surface area contributed by atoms with Gasteiger partial charge in [0.15, 0.2) is 5.78 Å². The molecule has 0 aliphatic rings. The molecule has 5 N–H and O–H groups in total. The number of benzene rings is 1. The lowest BCUT2D eigenvalue weighted by atomic mass is 10.1. The molecular formula is C34H53N3O13. The van der Waals surface area contributed by atoms with E-state index >= 15 is 0 Å². The van der Waals surface area contributed by atoms with Crippen molar-refractivity contribution in [2.75, 3.05) is 72.6 Å². The highest BCUT2D eigenvalue weighted by atomic mass is 16.5. The van der Waals surface area contributed by atoms with Gasteiger partial charge in [0.25, 0.3) is 0 Å². The summed E-state index contributed by atoms with van der Waals surface area (Å²) >= 11 is 0. The van der Waals surface area contributed by atoms with Gasteiger partial charge in [-0.15, -0.1) is 0 Å². The Balaban J connectivity index is 1.99. The highest BCUT2D eigenvalue weighted by molar-refractivity contribution is 5.88. The number of carbonyl (C=O) groups excluding carboxylic acids is 4. The molecule has 16 nitrogen and oxygen atoms in total. The third-order valence-electron chi connectivity index (χ3n) is 6.86. The topological polar surface area (TPSA) is 225 Å². The maximum atomic E-state index is 12.3. The van der Waals surface area contributed by atoms with E-state index in [0.29, 0.717) is 45.1 Å². The fourth-order valence-electron chi connectivity index (χ4n) is 4.29. The summed E-state index contributed by atoms with van der Waals surface area (Å²) in [5.41, 5.74) is 0.178. The molecule has 1 aromatic carbocycles. The number of ketones is 1. The quantitative estimate of drug-likeness (QED) is 0.0673. The summed E-state index contributed by atoms with van der Waals surface area (Å²) < 4.78 is 26.5. The van der Waals surface area contributed by atoms with Crippen molar-refractivity contribution in [1.29, 1.82) is 0 Å². The minimum Gasteiger partial charge on any atom is -0.494 e. The van der Waals surface area contributed by atoms with Gasteiger partial charge in [0.1, 0.15) is 25.0 Å². The van der Waals surface area contributed by atoms with E-state index in [4.69, 9.17) is 28.8 Å². The van der Waals surface area contributed by atoms with E-state index in [1.165, 1.54) is 19.1 Å². The van der Waals surface area contributed by atoms with Gasteiger partial charge in [-0.3, -0.25) is 19.2 Å². The molecule has 0 heterocycles. The lowest BCUT2D eigenvalue weighted by molar-refractivity contribution is -0.142. The summed E-state index contributed by atoms with van der Waals surface area (Å²) in [6.07, 6.45) is 5.11. The van der Waals surface area contributed by atoms with Crippen molar-refractivity contribution in [3.63, 3.8) is 0 Å². The van der Waals surface area contributed by atoms with E-state index in [-0.39, 0.29) is 87.9 Å². The first kappa shape index (κ1) is 43.9. The second-order valence-electron chi connectivity index (χ2n) is 11.3. The SMILES string of the molecule is CC(=O)COCCOCCNC(=O)COCCOCCNC(=O)CCC(NC(=O)CCCCCCCCOc1cccc(C(=O)O)c1)C(=O)O. The highest BCUT2D eigenvalue weighted by Crippen LogP contribution is 2.14. The zero-order valence-corrected chi connectivity index (χ0v) is 28.9. The number of nitrogens with one attached hydrogen (secondary N) is 3. The van der Waals surface area contributed by atoms with Gasteiger partial charge in [-0.2, -0.15) is 0 Å². The number of Topliss-reactive ketones (excluding diaryl/α,β-unsaturated/α-hetero) is 1. The second-order valence-corrected chi connectivity index (χ2v) is 11.3. The monoisotopic (exact) mass is 711 g/mol. The van der Waals surface area contributed by atoms with E-state index in [1.807, 2.05) is 0 Å². The third-order valence-corrected chi connectivity index (χ3v) is 6.86. The molecule has 0 aliphatic carbocycles. The van der Waals surface area contributed by atoms with Crippen LogP contribution in [0.25, 0.3) is 0 Å². The molecule has 0 saturated carbocycles. The van der Waals surface area contributed by atoms with Gasteiger partial charge in [0.2, 0.25) is 17.7 Å². The van der Waals surface area contributed by atoms with Gasteiger partial charge in [-0.25, -0.2) is 9.59 Å². The van der Waals surface area contributed by atoms with Crippen LogP contribution in [0.15, 0.2) is 24.3 Å². The largest absolute Gasteiger partial charge is 0.494 e. The molecular weight excluding hydrogens is 658 g/mol. The van der Waals surface area contributed by atoms with Gasteiger partial charge in [-0.1, -0.05) is 31.7 Å². The van der Waals surface area contributed by atoms with E-state index in [2.05, 4.69) is 16.0 Å². The molecule has 16 heteroatoms. The smallest absolute Gasteiger partial charge is 0.335 e. The van der Waals surface area contributed by atoms with E-state index in [0.717, 1.165) is 32.1 Å². The van der Waals surface area contributed by atoms with Crippen LogP contribution in [-0.2, 0) is 42.9 Å². The van der Waals surface area contributed by atoms with Gasteiger partial charge in [-0.05, 0) is 44.4 Å². The first-order valence-corrected chi connectivity index (χ1v) is 16.9. The number of hydrogen-bond acceptors (Lipinski definition) is 11. The Hall–Kier alpha value is -4.12. The summed E-state index contributed by atoms with van der Waals surface area (Å²) in [6, 6.07) is 5.18. The van der Waals surface area contributed by atoms with Crippen molar-refractivity contribution in [1.82, 2.24) is 16.0 Å². The number of carboxylic acid groups (broad SMARTS) is 2. The van der Waals surface area contributed by atoms with Crippen molar-refractivity contribution in [2.24, 2.45) is 0 Å². The molecule has 1 unspecified atom stereocenters. The molecule has 0 radical (unpaired) electrons. The van der Waals surface area contributed by atoms with Gasteiger partial charge < -0.3 is 49.8 Å². The Labute approximate surface area is 292 Å². The van der Waals surface area contributed by atoms with Crippen LogP contribution in [0.3, 0.4) is 0 Å². The van der Waals surface area contributed by atoms with Crippen LogP contribution in [-0.4, -0.2) is 124 Å². The van der Waals surface area contributed by atoms with E-state index in [9.17, 15) is 33.9 Å². The molecule has 0 fully saturated rings. The van der Waals surface area contributed by atoms with Crippen molar-refractivity contribution < 1.29 is 62.7 Å². The zero-order valence-electron chi connectivity index (χ0n) is 28.9. The Morgan fingerprint density at radius 1 is 0.660 bits per heavy atom. The predicted octanol–water partition coefficient (Wildman–Crippen LogP) is 1.73. The Bertz CT molecular complexity index is 1160.